The van der Waals surface area contributed by atoms with Crippen LogP contribution in [-0.4, -0.2) is 6.71 Å². The second-order valence-corrected chi connectivity index (χ2v) is 19.2. The molecule has 1 nitrogen and oxygen atoms in total. The third-order valence-electron chi connectivity index (χ3n) is 9.75. The van der Waals surface area contributed by atoms with Gasteiger partial charge in [-0.25, -0.2) is 0 Å². The van der Waals surface area contributed by atoms with E-state index in [1.807, 2.05) is 47.0 Å². The zero-order valence-corrected chi connectivity index (χ0v) is 27.9. The van der Waals surface area contributed by atoms with Crippen LogP contribution in [0.4, 0.5) is 0 Å². The van der Waals surface area contributed by atoms with Crippen LogP contribution in [0.3, 0.4) is 0 Å². The molecule has 0 saturated heterocycles. The highest BCUT2D eigenvalue weighted by atomic mass is 32.2. The van der Waals surface area contributed by atoms with E-state index in [1.54, 1.807) is 0 Å². The van der Waals surface area contributed by atoms with Gasteiger partial charge in [0.1, 0.15) is 0 Å². The third-order valence-corrected chi connectivity index (χ3v) is 18.9. The summed E-state index contributed by atoms with van der Waals surface area (Å²) in [4.78, 5) is 10.1. The summed E-state index contributed by atoms with van der Waals surface area (Å²) in [5.74, 6) is 0. The molecule has 10 rings (SSSR count). The van der Waals surface area contributed by atoms with Crippen LogP contribution in [0.15, 0.2) is 130 Å². The minimum atomic E-state index is -3.19. The number of fused-ring (bicyclic) bond motifs is 9. The van der Waals surface area contributed by atoms with E-state index < -0.39 is 7.14 Å². The Morgan fingerprint density at radius 3 is 2.16 bits per heavy atom. The lowest BCUT2D eigenvalue weighted by Gasteiger charge is -2.39. The van der Waals surface area contributed by atoms with Crippen molar-refractivity contribution in [1.82, 2.24) is 0 Å². The molecule has 0 saturated carbocycles. The van der Waals surface area contributed by atoms with Gasteiger partial charge >= 0.3 is 0 Å². The number of thioether (sulfide) groups is 1. The second-order valence-electron chi connectivity index (χ2n) is 12.4. The lowest BCUT2D eigenvalue weighted by Crippen LogP contribution is -2.58. The second kappa shape index (κ2) is 8.62. The molecule has 1 unspecified atom stereocenters. The largest absolute Gasteiger partial charge is 0.308 e. The number of benzene rings is 5. The summed E-state index contributed by atoms with van der Waals surface area (Å²) in [5.41, 5.74) is 7.63. The van der Waals surface area contributed by atoms with Crippen molar-refractivity contribution in [3.63, 3.8) is 0 Å². The van der Waals surface area contributed by atoms with Gasteiger partial charge in [-0.05, 0) is 59.4 Å². The summed E-state index contributed by atoms with van der Waals surface area (Å²) in [6, 6.07) is 33.3. The van der Waals surface area contributed by atoms with E-state index in [-0.39, 0.29) is 12.1 Å². The fourth-order valence-corrected chi connectivity index (χ4v) is 18.0. The molecular weight excluding hydrogens is 618 g/mol. The molecule has 43 heavy (non-hydrogen) atoms. The summed E-state index contributed by atoms with van der Waals surface area (Å²) in [7, 11) is -3.19. The molecule has 0 radical (unpaired) electrons. The van der Waals surface area contributed by atoms with Crippen LogP contribution >= 0.6 is 54.2 Å². The van der Waals surface area contributed by atoms with Crippen LogP contribution in [0, 0.1) is 6.92 Å². The molecule has 0 aromatic heterocycles. The molecule has 5 aromatic rings. The van der Waals surface area contributed by atoms with Crippen molar-refractivity contribution in [2.24, 2.45) is 0 Å². The number of hydrogen-bond donors (Lipinski definition) is 0. The molecule has 0 spiro atoms. The average Bonchev–Trinajstić information content (AvgIpc) is 3.25. The molecule has 1 atom stereocenters. The van der Waals surface area contributed by atoms with Crippen molar-refractivity contribution in [2.75, 3.05) is 0 Å². The Balaban J connectivity index is 1.32. The maximum Gasteiger partial charge on any atom is 0.247 e. The maximum absolute atomic E-state index is 16.5. The minimum absolute atomic E-state index is 0.136. The first-order valence-electron chi connectivity index (χ1n) is 14.6. The topological polar surface area (TPSA) is 17.1 Å². The first-order valence-corrected chi connectivity index (χ1v) is 19.5. The van der Waals surface area contributed by atoms with E-state index in [2.05, 4.69) is 112 Å². The van der Waals surface area contributed by atoms with Crippen LogP contribution in [0.2, 0.25) is 0 Å². The maximum atomic E-state index is 16.5. The van der Waals surface area contributed by atoms with E-state index in [0.29, 0.717) is 0 Å². The van der Waals surface area contributed by atoms with Gasteiger partial charge in [0, 0.05) is 60.5 Å². The van der Waals surface area contributed by atoms with Crippen LogP contribution < -0.4 is 27.0 Å². The number of allylic oxidation sites excluding steroid dienone is 1. The Kier molecular flexibility index (Phi) is 5.18. The van der Waals surface area contributed by atoms with Gasteiger partial charge in [0.15, 0.2) is 7.14 Å². The quantitative estimate of drug-likeness (QED) is 0.123. The summed E-state index contributed by atoms with van der Waals surface area (Å²) in [6.45, 7) is 7.03. The minimum Gasteiger partial charge on any atom is -0.308 e. The molecule has 206 valence electrons. The van der Waals surface area contributed by atoms with Gasteiger partial charge in [0.05, 0.1) is 0 Å². The van der Waals surface area contributed by atoms with Crippen molar-refractivity contribution in [1.29, 1.82) is 0 Å². The Hall–Kier alpha value is -2.47. The third kappa shape index (κ3) is 3.12. The van der Waals surface area contributed by atoms with Gasteiger partial charge in [0.2, 0.25) is 6.71 Å². The van der Waals surface area contributed by atoms with Crippen molar-refractivity contribution in [3.8, 4) is 0 Å². The van der Waals surface area contributed by atoms with Gasteiger partial charge in [-0.15, -0.1) is 0 Å². The molecule has 5 aliphatic rings. The number of rotatable bonds is 0. The highest BCUT2D eigenvalue weighted by Gasteiger charge is 2.54. The van der Waals surface area contributed by atoms with Crippen molar-refractivity contribution < 1.29 is 4.57 Å². The SMILES string of the molecule is Cc1c2c(cc3c1Sc1cccc4c1P3(=O)C1=C(S4)C(C)(C)c3ccccc31)B1c3ccccc3Sc3cccc(c31)S2. The summed E-state index contributed by atoms with van der Waals surface area (Å²) in [5, 5.41) is 3.20. The summed E-state index contributed by atoms with van der Waals surface area (Å²) < 4.78 is 16.5. The molecule has 4 aliphatic heterocycles. The van der Waals surface area contributed by atoms with Crippen molar-refractivity contribution >= 4 is 93.2 Å². The van der Waals surface area contributed by atoms with Gasteiger partial charge in [-0.3, -0.25) is 0 Å². The van der Waals surface area contributed by atoms with Crippen LogP contribution in [0.1, 0.15) is 30.5 Å². The van der Waals surface area contributed by atoms with Crippen LogP contribution in [-0.2, 0) is 9.98 Å². The van der Waals surface area contributed by atoms with E-state index in [0.717, 1.165) is 25.7 Å². The highest BCUT2D eigenvalue weighted by Crippen LogP contribution is 2.73. The zero-order valence-electron chi connectivity index (χ0n) is 23.7. The number of hydrogen-bond acceptors (Lipinski definition) is 5. The molecular formula is C36H24BOPS4. The van der Waals surface area contributed by atoms with Gasteiger partial charge in [0.25, 0.3) is 0 Å². The molecule has 4 heterocycles. The standard InChI is InChI=1S/C36H24BOPS4/c1-19-33-23(37-22-12-6-7-13-25(22)40-26-14-8-15-27(41-33)30(26)37)18-24-34(19)42-28-16-9-17-29-32(28)39(24,38)31-20-10-4-5-11-21(20)36(2,3)35(31)43-29/h4-18H,1-3H3. The van der Waals surface area contributed by atoms with Crippen molar-refractivity contribution in [2.45, 2.75) is 60.5 Å². The summed E-state index contributed by atoms with van der Waals surface area (Å²) >= 11 is 7.47. The van der Waals surface area contributed by atoms with E-state index in [1.165, 1.54) is 62.5 Å². The van der Waals surface area contributed by atoms with E-state index >= 15 is 4.57 Å². The van der Waals surface area contributed by atoms with Gasteiger partial charge in [-0.1, -0.05) is 132 Å². The van der Waals surface area contributed by atoms with E-state index in [9.17, 15) is 0 Å². The highest BCUT2D eigenvalue weighted by molar-refractivity contribution is 8.08. The van der Waals surface area contributed by atoms with Crippen molar-refractivity contribution in [3.05, 3.63) is 113 Å². The predicted octanol–water partition coefficient (Wildman–Crippen LogP) is 7.98. The first kappa shape index (κ1) is 25.8. The van der Waals surface area contributed by atoms with Gasteiger partial charge < -0.3 is 4.57 Å². The van der Waals surface area contributed by atoms with Crippen LogP contribution in [0.25, 0.3) is 5.31 Å². The normalized spacial score (nSPS) is 20.8. The smallest absolute Gasteiger partial charge is 0.247 e. The summed E-state index contributed by atoms with van der Waals surface area (Å²) in [6.07, 6.45) is 0. The molecule has 0 fully saturated rings. The fourth-order valence-electron chi connectivity index (χ4n) is 7.82. The lowest BCUT2D eigenvalue weighted by atomic mass is 9.36. The van der Waals surface area contributed by atoms with E-state index in [4.69, 9.17) is 0 Å². The molecule has 0 amide bonds. The Morgan fingerprint density at radius 2 is 1.33 bits per heavy atom. The van der Waals surface area contributed by atoms with Crippen LogP contribution in [0.5, 0.6) is 0 Å². The molecule has 0 bridgehead atoms. The Labute approximate surface area is 269 Å². The first-order chi connectivity index (χ1) is 20.9. The zero-order chi connectivity index (χ0) is 28.8. The fraction of sp³-hybridized carbons (Fsp3) is 0.111. The molecule has 0 N–H and O–H groups in total. The molecule has 1 aliphatic carbocycles. The monoisotopic (exact) mass is 642 g/mol. The molecule has 5 aromatic carbocycles. The molecule has 7 heteroatoms. The predicted molar refractivity (Wildman–Crippen MR) is 187 cm³/mol. The average molecular weight is 643 g/mol. The lowest BCUT2D eigenvalue weighted by molar-refractivity contribution is 0.591. The Bertz CT molecular complexity index is 2240. The Morgan fingerprint density at radius 1 is 0.674 bits per heavy atom. The van der Waals surface area contributed by atoms with Gasteiger partial charge in [-0.2, -0.15) is 0 Å².